The zero-order valence-corrected chi connectivity index (χ0v) is 14.5. The van der Waals surface area contributed by atoms with E-state index >= 15 is 0 Å². The number of nitrogens with two attached hydrogens (primary N) is 1. The lowest BCUT2D eigenvalue weighted by Gasteiger charge is -2.10. The van der Waals surface area contributed by atoms with Gasteiger partial charge in [-0.15, -0.1) is 0 Å². The average molecular weight is 355 g/mol. The van der Waals surface area contributed by atoms with E-state index in [0.29, 0.717) is 18.1 Å². The molecule has 3 aromatic heterocycles. The fourth-order valence-corrected chi connectivity index (χ4v) is 2.85. The van der Waals surface area contributed by atoms with E-state index in [2.05, 4.69) is 32.5 Å². The Labute approximate surface area is 156 Å². The van der Waals surface area contributed by atoms with Gasteiger partial charge in [0, 0.05) is 29.9 Å². The van der Waals surface area contributed by atoms with E-state index in [0.717, 1.165) is 27.7 Å². The summed E-state index contributed by atoms with van der Waals surface area (Å²) in [6.45, 7) is 0.802. The van der Waals surface area contributed by atoms with Gasteiger partial charge in [0.15, 0.2) is 0 Å². The molecule has 4 aromatic rings. The Morgan fingerprint density at radius 3 is 3.00 bits per heavy atom. The lowest BCUT2D eigenvalue weighted by molar-refractivity contribution is 0.710. The van der Waals surface area contributed by atoms with Crippen LogP contribution in [0.3, 0.4) is 0 Å². The van der Waals surface area contributed by atoms with Crippen LogP contribution < -0.4 is 11.1 Å². The van der Waals surface area contributed by atoms with Crippen molar-refractivity contribution in [2.75, 3.05) is 11.1 Å². The molecular weight excluding hydrogens is 338 g/mol. The minimum absolute atomic E-state index is 0.205. The molecule has 0 bridgehead atoms. The molecule has 4 rings (SSSR count). The highest BCUT2D eigenvalue weighted by molar-refractivity contribution is 5.79. The largest absolute Gasteiger partial charge is 0.396 e. The van der Waals surface area contributed by atoms with E-state index < -0.39 is 0 Å². The summed E-state index contributed by atoms with van der Waals surface area (Å²) in [6.07, 6.45) is 5.27. The Balaban J connectivity index is 1.54. The number of nitrogens with one attached hydrogen (secondary N) is 1. The van der Waals surface area contributed by atoms with Crippen molar-refractivity contribution in [1.82, 2.24) is 19.7 Å². The SMILES string of the molecule is N#CCn1cc(-c2ccc(N)c(NCc3ccc4ncccc4c3)n2)cn1. The van der Waals surface area contributed by atoms with E-state index in [1.807, 2.05) is 36.4 Å². The van der Waals surface area contributed by atoms with Crippen molar-refractivity contribution in [2.24, 2.45) is 0 Å². The van der Waals surface area contributed by atoms with Gasteiger partial charge in [-0.3, -0.25) is 9.67 Å². The third-order valence-electron chi connectivity index (χ3n) is 4.22. The highest BCUT2D eigenvalue weighted by Crippen LogP contribution is 2.24. The van der Waals surface area contributed by atoms with Crippen LogP contribution in [-0.4, -0.2) is 19.7 Å². The summed E-state index contributed by atoms with van der Waals surface area (Å²) in [7, 11) is 0. The number of nitriles is 1. The van der Waals surface area contributed by atoms with E-state index in [4.69, 9.17) is 11.0 Å². The van der Waals surface area contributed by atoms with Gasteiger partial charge >= 0.3 is 0 Å². The van der Waals surface area contributed by atoms with Gasteiger partial charge in [-0.05, 0) is 35.9 Å². The van der Waals surface area contributed by atoms with Gasteiger partial charge in [-0.25, -0.2) is 4.98 Å². The molecular formula is C20H17N7. The molecule has 0 radical (unpaired) electrons. The van der Waals surface area contributed by atoms with E-state index in [-0.39, 0.29) is 6.54 Å². The molecule has 3 N–H and O–H groups in total. The Bertz CT molecular complexity index is 1140. The number of hydrogen-bond acceptors (Lipinski definition) is 6. The monoisotopic (exact) mass is 355 g/mol. The number of rotatable bonds is 5. The molecule has 0 saturated carbocycles. The zero-order chi connectivity index (χ0) is 18.6. The summed E-state index contributed by atoms with van der Waals surface area (Å²) in [6, 6.07) is 15.8. The summed E-state index contributed by atoms with van der Waals surface area (Å²) < 4.78 is 1.57. The van der Waals surface area contributed by atoms with Crippen molar-refractivity contribution in [3.8, 4) is 17.3 Å². The van der Waals surface area contributed by atoms with Crippen LogP contribution in [0.25, 0.3) is 22.2 Å². The van der Waals surface area contributed by atoms with Gasteiger partial charge in [0.05, 0.1) is 29.2 Å². The molecule has 7 heteroatoms. The van der Waals surface area contributed by atoms with Crippen LogP contribution in [0.5, 0.6) is 0 Å². The second-order valence-corrected chi connectivity index (χ2v) is 6.10. The maximum atomic E-state index is 8.77. The molecule has 0 aliphatic heterocycles. The standard InChI is InChI=1S/C20H17N7/c21-7-9-27-13-16(12-25-27)19-6-4-17(22)20(26-19)24-11-14-3-5-18-15(10-14)2-1-8-23-18/h1-6,8,10,12-13H,9,11,22H2,(H,24,26). The summed E-state index contributed by atoms with van der Waals surface area (Å²) in [5.41, 5.74) is 10.3. The predicted octanol–water partition coefficient (Wildman–Crippen LogP) is 3.21. The lowest BCUT2D eigenvalue weighted by Crippen LogP contribution is -2.05. The summed E-state index contributed by atoms with van der Waals surface area (Å²) in [4.78, 5) is 8.94. The van der Waals surface area contributed by atoms with Crippen molar-refractivity contribution < 1.29 is 0 Å². The second kappa shape index (κ2) is 7.14. The van der Waals surface area contributed by atoms with Gasteiger partial charge in [0.1, 0.15) is 12.4 Å². The van der Waals surface area contributed by atoms with E-state index in [1.165, 1.54) is 0 Å². The Morgan fingerprint density at radius 2 is 2.11 bits per heavy atom. The number of nitrogen functional groups attached to an aromatic ring is 1. The van der Waals surface area contributed by atoms with Crippen LogP contribution in [0, 0.1) is 11.3 Å². The quantitative estimate of drug-likeness (QED) is 0.569. The molecule has 132 valence electrons. The normalized spacial score (nSPS) is 10.6. The molecule has 0 aliphatic rings. The smallest absolute Gasteiger partial charge is 0.150 e. The van der Waals surface area contributed by atoms with Gasteiger partial charge in [0.25, 0.3) is 0 Å². The van der Waals surface area contributed by atoms with Gasteiger partial charge in [0.2, 0.25) is 0 Å². The first-order chi connectivity index (χ1) is 13.2. The maximum absolute atomic E-state index is 8.77. The first kappa shape index (κ1) is 16.5. The molecule has 0 amide bonds. The minimum atomic E-state index is 0.205. The molecule has 27 heavy (non-hydrogen) atoms. The molecule has 0 aliphatic carbocycles. The van der Waals surface area contributed by atoms with Crippen LogP contribution in [0.2, 0.25) is 0 Å². The van der Waals surface area contributed by atoms with Crippen LogP contribution in [0.15, 0.2) is 61.1 Å². The van der Waals surface area contributed by atoms with Crippen molar-refractivity contribution in [2.45, 2.75) is 13.1 Å². The molecule has 0 saturated heterocycles. The summed E-state index contributed by atoms with van der Waals surface area (Å²) in [5, 5.41) is 17.3. The third-order valence-corrected chi connectivity index (χ3v) is 4.22. The molecule has 3 heterocycles. The van der Waals surface area contributed by atoms with Crippen molar-refractivity contribution >= 4 is 22.4 Å². The highest BCUT2D eigenvalue weighted by Gasteiger charge is 2.08. The summed E-state index contributed by atoms with van der Waals surface area (Å²) in [5.74, 6) is 0.617. The van der Waals surface area contributed by atoms with E-state index in [1.54, 1.807) is 23.3 Å². The Kier molecular flexibility index (Phi) is 4.37. The number of aromatic nitrogens is 4. The second-order valence-electron chi connectivity index (χ2n) is 6.10. The number of anilines is 2. The average Bonchev–Trinajstić information content (AvgIpc) is 3.16. The third kappa shape index (κ3) is 3.55. The fraction of sp³-hybridized carbons (Fsp3) is 0.100. The molecule has 7 nitrogen and oxygen atoms in total. The van der Waals surface area contributed by atoms with Gasteiger partial charge in [-0.1, -0.05) is 12.1 Å². The molecule has 0 fully saturated rings. The van der Waals surface area contributed by atoms with Gasteiger partial charge < -0.3 is 11.1 Å². The van der Waals surface area contributed by atoms with Gasteiger partial charge in [-0.2, -0.15) is 10.4 Å². The number of fused-ring (bicyclic) bond motifs is 1. The summed E-state index contributed by atoms with van der Waals surface area (Å²) >= 11 is 0. The Hall–Kier alpha value is -3.92. The van der Waals surface area contributed by atoms with Crippen LogP contribution in [-0.2, 0) is 13.1 Å². The van der Waals surface area contributed by atoms with Crippen molar-refractivity contribution in [1.29, 1.82) is 5.26 Å². The molecule has 0 atom stereocenters. The molecule has 0 spiro atoms. The van der Waals surface area contributed by atoms with Crippen LogP contribution in [0.4, 0.5) is 11.5 Å². The topological polar surface area (TPSA) is 105 Å². The van der Waals surface area contributed by atoms with Crippen molar-refractivity contribution in [3.05, 3.63) is 66.6 Å². The molecule has 0 unspecified atom stereocenters. The Morgan fingerprint density at radius 1 is 1.19 bits per heavy atom. The zero-order valence-electron chi connectivity index (χ0n) is 14.5. The first-order valence-corrected chi connectivity index (χ1v) is 8.47. The number of pyridine rings is 2. The highest BCUT2D eigenvalue weighted by atomic mass is 15.3. The van der Waals surface area contributed by atoms with Crippen molar-refractivity contribution in [3.63, 3.8) is 0 Å². The fourth-order valence-electron chi connectivity index (χ4n) is 2.85. The first-order valence-electron chi connectivity index (χ1n) is 8.47. The number of nitrogens with zero attached hydrogens (tertiary/aromatic N) is 5. The maximum Gasteiger partial charge on any atom is 0.150 e. The minimum Gasteiger partial charge on any atom is -0.396 e. The molecule has 1 aromatic carbocycles. The lowest BCUT2D eigenvalue weighted by atomic mass is 10.1. The van der Waals surface area contributed by atoms with E-state index in [9.17, 15) is 0 Å². The predicted molar refractivity (Wildman–Crippen MR) is 105 cm³/mol. The van der Waals surface area contributed by atoms with Crippen LogP contribution >= 0.6 is 0 Å². The number of hydrogen-bond donors (Lipinski definition) is 2. The van der Waals surface area contributed by atoms with Crippen LogP contribution in [0.1, 0.15) is 5.56 Å². The number of benzene rings is 1.